The highest BCUT2D eigenvalue weighted by atomic mass is 32.1. The van der Waals surface area contributed by atoms with Crippen LogP contribution in [0.25, 0.3) is 0 Å². The van der Waals surface area contributed by atoms with E-state index in [9.17, 15) is 77.3 Å². The molecule has 3 rings (SSSR count). The molecule has 13 N–H and O–H groups in total. The molecule has 0 unspecified atom stereocenters. The zero-order valence-electron chi connectivity index (χ0n) is 58.6. The Morgan fingerprint density at radius 2 is 0.971 bits per heavy atom. The first kappa shape index (κ1) is 87.3. The molecule has 0 aliphatic carbocycles. The minimum absolute atomic E-state index is 0.0145. The Kier molecular flexibility index (Phi) is 35.9. The van der Waals surface area contributed by atoms with Gasteiger partial charge in [0.25, 0.3) is 0 Å². The number of carbonyl (C=O) groups excluding carboxylic acids is 15. The molecule has 102 heavy (non-hydrogen) atoms. The maximum Gasteiger partial charge on any atom is 0.303 e. The van der Waals surface area contributed by atoms with Gasteiger partial charge in [0.1, 0.15) is 73.8 Å². The fourth-order valence-corrected chi connectivity index (χ4v) is 11.2. The van der Waals surface area contributed by atoms with Gasteiger partial charge in [0.05, 0.1) is 41.9 Å². The minimum Gasteiger partial charge on any atom is -0.481 e. The highest BCUT2D eigenvalue weighted by Gasteiger charge is 2.54. The van der Waals surface area contributed by atoms with Crippen molar-refractivity contribution in [2.24, 2.45) is 11.7 Å². The van der Waals surface area contributed by atoms with Gasteiger partial charge in [0.15, 0.2) is 37.0 Å². The standard InChI is InChI=1S/C61H93N11O28S2/c1-25(2)19-38(68-54(85)37(65-28(5)74)16-17-45(83)84)55(86)69-39(22-73)56(87)70-47(27(4)94-61-49(67-30(7)102)53(98-36(13)80)51(96-34(11)78)42(100-61)24-92-32(9)76)59(90)71-46(58(89)64-21-44(82)72-18-14-15-40(72)57(88)63-20-43(62)81)26(3)93-60-48(66-29(6)101)52(97-35(12)79)50(95-33(10)77)41(99-60)23-91-31(8)75/h25-27,37-42,46-53,60-61,73H,14-24H2,1-13H3,(H2,62,81)(H,63,88)(H,64,89)(H,65,74)(H,66,101)(H,67,102)(H,68,85)(H,69,86)(H,70,87)(H,71,90)(H,83,84)/t26-,27-,37+,38+,39+,40+,41-,42-,46+,47+,48-,49-,50+,51+,52-,53-,60+,61+/m1/s1. The average molecular weight is 1490 g/mol. The van der Waals surface area contributed by atoms with E-state index in [2.05, 4.69) is 47.9 Å². The first-order chi connectivity index (χ1) is 47.6. The molecule has 572 valence electrons. The fraction of sp³-hybridized carbons (Fsp3) is 0.705. The molecule has 0 saturated carbocycles. The molecule has 3 aliphatic heterocycles. The van der Waals surface area contributed by atoms with Crippen LogP contribution in [0.1, 0.15) is 122 Å². The van der Waals surface area contributed by atoms with E-state index in [1.54, 1.807) is 13.8 Å². The van der Waals surface area contributed by atoms with Crippen LogP contribution in [0.15, 0.2) is 0 Å². The molecule has 18 atom stereocenters. The smallest absolute Gasteiger partial charge is 0.303 e. The van der Waals surface area contributed by atoms with Gasteiger partial charge >= 0.3 is 41.8 Å². The zero-order valence-corrected chi connectivity index (χ0v) is 60.2. The second-order valence-corrected chi connectivity index (χ2v) is 25.6. The van der Waals surface area contributed by atoms with Crippen molar-refractivity contribution in [3.63, 3.8) is 0 Å². The van der Waals surface area contributed by atoms with E-state index < -0.39 is 256 Å². The zero-order chi connectivity index (χ0) is 77.2. The van der Waals surface area contributed by atoms with Gasteiger partial charge in [-0.15, -0.1) is 0 Å². The van der Waals surface area contributed by atoms with Gasteiger partial charge in [-0.25, -0.2) is 0 Å². The normalized spacial score (nSPS) is 23.5. The number of carboxylic acid groups (broad SMARTS) is 1. The SMILES string of the molecule is CC(=O)N[C@@H](CCC(=O)O)C(=O)N[C@@H](CC(C)C)C(=O)N[C@@H](CO)C(=O)N[C@H](C(=O)N[C@H](C(=O)NCC(=O)N1CCC[C@H]1C(=O)NCC(N)=O)[C@@H](C)O[C@H]1O[C@H](COC(C)=O)[C@H](OC(C)=O)[C@H](OC(C)=O)[C@H]1NC(C)=S)[C@@H](C)O[C@H]1O[C@H](COC(C)=O)[C@H](OC(C)=O)[C@H](OC(C)=O)[C@H]1NC(C)=S. The van der Waals surface area contributed by atoms with E-state index in [1.165, 1.54) is 20.8 Å². The topological polar surface area (TPSA) is 543 Å². The first-order valence-corrected chi connectivity index (χ1v) is 33.0. The number of aliphatic carboxylic acids is 1. The van der Waals surface area contributed by atoms with E-state index in [0.717, 1.165) is 60.3 Å². The molecule has 9 amide bonds. The Morgan fingerprint density at radius 1 is 0.539 bits per heavy atom. The van der Waals surface area contributed by atoms with Crippen LogP contribution in [-0.4, -0.2) is 269 Å². The molecule has 0 bridgehead atoms. The summed E-state index contributed by atoms with van der Waals surface area (Å²) in [6.45, 7) is 11.4. The van der Waals surface area contributed by atoms with Crippen molar-refractivity contribution >= 4 is 129 Å². The predicted octanol–water partition coefficient (Wildman–Crippen LogP) is -5.23. The highest BCUT2D eigenvalue weighted by molar-refractivity contribution is 7.80. The number of likely N-dealkylation sites (tertiary alicyclic amines) is 1. The Morgan fingerprint density at radius 3 is 1.38 bits per heavy atom. The molecule has 0 aromatic carbocycles. The maximum absolute atomic E-state index is 15.6. The lowest BCUT2D eigenvalue weighted by Gasteiger charge is -2.46. The second-order valence-electron chi connectivity index (χ2n) is 24.4. The molecule has 3 aliphatic rings. The van der Waals surface area contributed by atoms with E-state index in [4.69, 9.17) is 77.5 Å². The van der Waals surface area contributed by atoms with Crippen LogP contribution in [0, 0.1) is 5.92 Å². The highest BCUT2D eigenvalue weighted by Crippen LogP contribution is 2.32. The molecule has 0 spiro atoms. The number of esters is 6. The molecule has 39 nitrogen and oxygen atoms in total. The summed E-state index contributed by atoms with van der Waals surface area (Å²) in [5.74, 6) is -16.7. The number of thiocarbonyl (C=S) groups is 2. The Bertz CT molecular complexity index is 3090. The molecular weight excluding hydrogens is 1400 g/mol. The largest absolute Gasteiger partial charge is 0.481 e. The third-order valence-corrected chi connectivity index (χ3v) is 15.4. The van der Waals surface area contributed by atoms with Crippen LogP contribution in [0.3, 0.4) is 0 Å². The fourth-order valence-electron chi connectivity index (χ4n) is 10.9. The van der Waals surface area contributed by atoms with Gasteiger partial charge in [-0.1, -0.05) is 38.3 Å². The lowest BCUT2D eigenvalue weighted by molar-refractivity contribution is -0.287. The molecule has 3 fully saturated rings. The van der Waals surface area contributed by atoms with Crippen molar-refractivity contribution in [2.45, 2.75) is 232 Å². The van der Waals surface area contributed by atoms with Crippen LogP contribution in [0.4, 0.5) is 0 Å². The van der Waals surface area contributed by atoms with Gasteiger partial charge in [0.2, 0.25) is 53.2 Å². The van der Waals surface area contributed by atoms with Crippen molar-refractivity contribution in [3.05, 3.63) is 0 Å². The maximum atomic E-state index is 15.6. The van der Waals surface area contributed by atoms with Crippen LogP contribution in [0.2, 0.25) is 0 Å². The van der Waals surface area contributed by atoms with E-state index in [0.29, 0.717) is 6.42 Å². The average Bonchev–Trinajstić information content (AvgIpc) is 0.847. The number of aliphatic hydroxyl groups is 1. The number of nitrogens with two attached hydrogens (primary N) is 1. The Hall–Kier alpha value is -8.90. The number of amides is 9. The number of ether oxygens (including phenoxy) is 10. The van der Waals surface area contributed by atoms with Gasteiger partial charge in [-0.05, 0) is 59.3 Å². The van der Waals surface area contributed by atoms with Crippen LogP contribution in [-0.2, 0) is 124 Å². The number of aliphatic hydroxyl groups excluding tert-OH is 1. The Balaban J connectivity index is 2.39. The quantitative estimate of drug-likeness (QED) is 0.0157. The van der Waals surface area contributed by atoms with Crippen molar-refractivity contribution < 1.29 is 134 Å². The molecule has 0 aromatic rings. The van der Waals surface area contributed by atoms with Crippen molar-refractivity contribution in [2.75, 3.05) is 39.5 Å². The number of hydrogen-bond acceptors (Lipinski definition) is 29. The summed E-state index contributed by atoms with van der Waals surface area (Å²) in [6, 6.07) is -13.7. The van der Waals surface area contributed by atoms with Crippen LogP contribution >= 0.6 is 24.4 Å². The number of nitrogens with zero attached hydrogens (tertiary/aromatic N) is 1. The lowest BCUT2D eigenvalue weighted by atomic mass is 9.95. The predicted molar refractivity (Wildman–Crippen MR) is 353 cm³/mol. The molecular formula is C61H93N11O28S2. The molecule has 41 heteroatoms. The molecule has 0 aromatic heterocycles. The summed E-state index contributed by atoms with van der Waals surface area (Å²) < 4.78 is 58.4. The third kappa shape index (κ3) is 28.9. The summed E-state index contributed by atoms with van der Waals surface area (Å²) in [5.41, 5.74) is 5.22. The van der Waals surface area contributed by atoms with Crippen molar-refractivity contribution in [1.29, 1.82) is 0 Å². The number of carboxylic acids is 1. The molecule has 3 saturated heterocycles. The summed E-state index contributed by atoms with van der Waals surface area (Å²) in [5, 5.41) is 42.6. The number of hydrogen-bond donors (Lipinski definition) is 12. The number of rotatable bonds is 37. The van der Waals surface area contributed by atoms with Gasteiger partial charge in [0, 0.05) is 61.4 Å². The number of nitrogens with one attached hydrogen (secondary N) is 9. The van der Waals surface area contributed by atoms with Crippen molar-refractivity contribution in [3.8, 4) is 0 Å². The van der Waals surface area contributed by atoms with Gasteiger partial charge < -0.3 is 116 Å². The summed E-state index contributed by atoms with van der Waals surface area (Å²) in [6.07, 6.45) is -17.7. The van der Waals surface area contributed by atoms with E-state index >= 15 is 9.59 Å². The second kappa shape index (κ2) is 41.9. The summed E-state index contributed by atoms with van der Waals surface area (Å²) >= 11 is 10.8. The van der Waals surface area contributed by atoms with E-state index in [-0.39, 0.29) is 29.4 Å². The number of primary amides is 1. The minimum atomic E-state index is -2.25. The number of carbonyl (C=O) groups is 16. The van der Waals surface area contributed by atoms with Crippen LogP contribution in [0.5, 0.6) is 0 Å². The van der Waals surface area contributed by atoms with Crippen LogP contribution < -0.4 is 53.6 Å². The molecule has 3 heterocycles. The van der Waals surface area contributed by atoms with E-state index in [1.807, 2.05) is 0 Å². The first-order valence-electron chi connectivity index (χ1n) is 32.2. The van der Waals surface area contributed by atoms with Gasteiger partial charge in [-0.2, -0.15) is 0 Å². The molecule has 0 radical (unpaired) electrons. The Labute approximate surface area is 597 Å². The summed E-state index contributed by atoms with van der Waals surface area (Å²) in [7, 11) is 0. The summed E-state index contributed by atoms with van der Waals surface area (Å²) in [4.78, 5) is 212. The van der Waals surface area contributed by atoms with Crippen molar-refractivity contribution in [1.82, 2.24) is 52.8 Å². The van der Waals surface area contributed by atoms with Gasteiger partial charge in [-0.3, -0.25) is 76.7 Å². The lowest BCUT2D eigenvalue weighted by Crippen LogP contribution is -2.68. The third-order valence-electron chi connectivity index (χ3n) is 15.2. The monoisotopic (exact) mass is 1490 g/mol.